The lowest BCUT2D eigenvalue weighted by molar-refractivity contribution is 0.101. The number of nitrogen functional groups attached to an aromatic ring is 1. The quantitative estimate of drug-likeness (QED) is 0.706. The lowest BCUT2D eigenvalue weighted by Gasteiger charge is -2.14. The van der Waals surface area contributed by atoms with Crippen LogP contribution in [0.1, 0.15) is 10.4 Å². The van der Waals surface area contributed by atoms with Crippen molar-refractivity contribution in [2.75, 3.05) is 11.2 Å². The highest BCUT2D eigenvalue weighted by Gasteiger charge is 2.13. The van der Waals surface area contributed by atoms with Gasteiger partial charge in [0, 0.05) is 5.39 Å². The Kier molecular flexibility index (Phi) is 3.79. The number of nitrogens with two attached hydrogens (primary N) is 1. The highest BCUT2D eigenvalue weighted by molar-refractivity contribution is 7.71. The van der Waals surface area contributed by atoms with Gasteiger partial charge >= 0.3 is 0 Å². The molecule has 0 fully saturated rings. The summed E-state index contributed by atoms with van der Waals surface area (Å²) in [7, 11) is 0. The van der Waals surface area contributed by atoms with Gasteiger partial charge in [0.1, 0.15) is 5.82 Å². The number of amides is 1. The molecule has 3 aromatic rings. The van der Waals surface area contributed by atoms with Crippen molar-refractivity contribution in [3.63, 3.8) is 0 Å². The van der Waals surface area contributed by atoms with Crippen LogP contribution in [-0.4, -0.2) is 15.6 Å². The lowest BCUT2D eigenvalue weighted by Crippen LogP contribution is -2.26. The van der Waals surface area contributed by atoms with Crippen LogP contribution >= 0.6 is 23.8 Å². The summed E-state index contributed by atoms with van der Waals surface area (Å²) in [6, 6.07) is 14.0. The van der Waals surface area contributed by atoms with E-state index in [9.17, 15) is 4.79 Å². The molecule has 0 aliphatic carbocycles. The maximum atomic E-state index is 12.3. The zero-order chi connectivity index (χ0) is 15.7. The van der Waals surface area contributed by atoms with Gasteiger partial charge in [-0.25, -0.2) is 9.66 Å². The van der Waals surface area contributed by atoms with Crippen LogP contribution in [0.15, 0.2) is 48.5 Å². The molecule has 0 aliphatic rings. The first-order valence-corrected chi connectivity index (χ1v) is 7.19. The second-order valence-corrected chi connectivity index (χ2v) is 5.33. The molecular weight excluding hydrogens is 320 g/mol. The molecular formula is C15H11ClN4OS. The fourth-order valence-electron chi connectivity index (χ4n) is 2.08. The average molecular weight is 331 g/mol. The standard InChI is InChI=1S/C15H11ClN4OS/c16-11-7-3-1-5-9(11)14(21)19-20-13(17)10-6-2-4-8-12(10)18-15(20)22/h1-8H,17H2,(H,19,21). The van der Waals surface area contributed by atoms with Crippen LogP contribution in [0.4, 0.5) is 5.82 Å². The molecule has 0 radical (unpaired) electrons. The molecule has 1 amide bonds. The van der Waals surface area contributed by atoms with E-state index < -0.39 is 5.91 Å². The normalized spacial score (nSPS) is 10.6. The maximum Gasteiger partial charge on any atom is 0.271 e. The highest BCUT2D eigenvalue weighted by Crippen LogP contribution is 2.19. The largest absolute Gasteiger partial charge is 0.383 e. The van der Waals surface area contributed by atoms with Crippen molar-refractivity contribution >= 4 is 46.4 Å². The van der Waals surface area contributed by atoms with Crippen molar-refractivity contribution in [2.45, 2.75) is 0 Å². The average Bonchev–Trinajstić information content (AvgIpc) is 2.51. The topological polar surface area (TPSA) is 72.9 Å². The Labute approximate surface area is 136 Å². The lowest BCUT2D eigenvalue weighted by atomic mass is 10.2. The molecule has 0 atom stereocenters. The summed E-state index contributed by atoms with van der Waals surface area (Å²) in [5, 5.41) is 1.05. The van der Waals surface area contributed by atoms with Crippen molar-refractivity contribution in [3.8, 4) is 0 Å². The highest BCUT2D eigenvalue weighted by atomic mass is 35.5. The van der Waals surface area contributed by atoms with E-state index in [1.54, 1.807) is 24.3 Å². The number of nitrogens with one attached hydrogen (secondary N) is 1. The zero-order valence-corrected chi connectivity index (χ0v) is 12.9. The second-order valence-electron chi connectivity index (χ2n) is 4.55. The molecule has 0 bridgehead atoms. The monoisotopic (exact) mass is 330 g/mol. The van der Waals surface area contributed by atoms with Crippen LogP contribution in [0, 0.1) is 4.77 Å². The number of hydrogen-bond acceptors (Lipinski definition) is 4. The minimum absolute atomic E-state index is 0.164. The zero-order valence-electron chi connectivity index (χ0n) is 11.3. The van der Waals surface area contributed by atoms with Crippen molar-refractivity contribution in [1.82, 2.24) is 9.66 Å². The van der Waals surface area contributed by atoms with Gasteiger partial charge in [-0.15, -0.1) is 0 Å². The predicted molar refractivity (Wildman–Crippen MR) is 90.1 cm³/mol. The fourth-order valence-corrected chi connectivity index (χ4v) is 2.54. The number of rotatable bonds is 2. The minimum Gasteiger partial charge on any atom is -0.383 e. The molecule has 22 heavy (non-hydrogen) atoms. The van der Waals surface area contributed by atoms with Gasteiger partial charge in [0.15, 0.2) is 0 Å². The van der Waals surface area contributed by atoms with Gasteiger partial charge < -0.3 is 5.73 Å². The number of hydrogen-bond donors (Lipinski definition) is 2. The molecule has 110 valence electrons. The summed E-state index contributed by atoms with van der Waals surface area (Å²) in [6.07, 6.45) is 0. The third-order valence-electron chi connectivity index (χ3n) is 3.16. The molecule has 7 heteroatoms. The maximum absolute atomic E-state index is 12.3. The molecule has 0 saturated heterocycles. The smallest absolute Gasteiger partial charge is 0.271 e. The van der Waals surface area contributed by atoms with Crippen LogP contribution in [0.5, 0.6) is 0 Å². The summed E-state index contributed by atoms with van der Waals surface area (Å²) in [5.41, 5.74) is 9.73. The number of anilines is 1. The van der Waals surface area contributed by atoms with Crippen LogP contribution in [0.2, 0.25) is 5.02 Å². The Morgan fingerprint density at radius 3 is 2.64 bits per heavy atom. The van der Waals surface area contributed by atoms with E-state index in [0.29, 0.717) is 27.3 Å². The van der Waals surface area contributed by atoms with Gasteiger partial charge in [-0.3, -0.25) is 10.2 Å². The van der Waals surface area contributed by atoms with Gasteiger partial charge in [-0.2, -0.15) is 0 Å². The Balaban J connectivity index is 2.06. The van der Waals surface area contributed by atoms with Crippen molar-refractivity contribution in [2.24, 2.45) is 0 Å². The Morgan fingerprint density at radius 2 is 1.86 bits per heavy atom. The van der Waals surface area contributed by atoms with E-state index in [4.69, 9.17) is 29.6 Å². The summed E-state index contributed by atoms with van der Waals surface area (Å²) in [6.45, 7) is 0. The van der Waals surface area contributed by atoms with E-state index in [1.807, 2.05) is 24.3 Å². The molecule has 0 aliphatic heterocycles. The van der Waals surface area contributed by atoms with Crippen molar-refractivity contribution < 1.29 is 4.79 Å². The number of carbonyl (C=O) groups is 1. The molecule has 1 heterocycles. The Hall–Kier alpha value is -2.44. The molecule has 3 N–H and O–H groups in total. The van der Waals surface area contributed by atoms with Gasteiger partial charge in [-0.1, -0.05) is 35.9 Å². The van der Waals surface area contributed by atoms with Crippen LogP contribution in [-0.2, 0) is 0 Å². The number of nitrogens with zero attached hydrogens (tertiary/aromatic N) is 2. The first-order chi connectivity index (χ1) is 10.6. The van der Waals surface area contributed by atoms with Gasteiger partial charge in [0.25, 0.3) is 5.91 Å². The molecule has 0 saturated carbocycles. The van der Waals surface area contributed by atoms with E-state index in [2.05, 4.69) is 10.4 Å². The summed E-state index contributed by atoms with van der Waals surface area (Å²) >= 11 is 11.2. The second kappa shape index (κ2) is 5.75. The Bertz CT molecular complexity index is 938. The number of fused-ring (bicyclic) bond motifs is 1. The molecule has 1 aromatic heterocycles. The van der Waals surface area contributed by atoms with E-state index in [0.717, 1.165) is 0 Å². The van der Waals surface area contributed by atoms with Gasteiger partial charge in [-0.05, 0) is 36.5 Å². The molecule has 0 spiro atoms. The summed E-state index contributed by atoms with van der Waals surface area (Å²) < 4.78 is 1.44. The third-order valence-corrected chi connectivity index (χ3v) is 3.76. The van der Waals surface area contributed by atoms with Gasteiger partial charge in [0.05, 0.1) is 16.1 Å². The van der Waals surface area contributed by atoms with E-state index in [-0.39, 0.29) is 4.77 Å². The number of para-hydroxylation sites is 1. The van der Waals surface area contributed by atoms with E-state index >= 15 is 0 Å². The van der Waals surface area contributed by atoms with Crippen LogP contribution in [0.25, 0.3) is 10.9 Å². The predicted octanol–water partition coefficient (Wildman–Crippen LogP) is 3.39. The first-order valence-electron chi connectivity index (χ1n) is 6.41. The van der Waals surface area contributed by atoms with Crippen molar-refractivity contribution in [3.05, 3.63) is 63.9 Å². The Morgan fingerprint density at radius 1 is 1.18 bits per heavy atom. The molecule has 5 nitrogen and oxygen atoms in total. The molecule has 0 unspecified atom stereocenters. The third kappa shape index (κ3) is 2.54. The van der Waals surface area contributed by atoms with Crippen LogP contribution in [0.3, 0.4) is 0 Å². The number of carbonyl (C=O) groups excluding carboxylic acids is 1. The number of benzene rings is 2. The summed E-state index contributed by atoms with van der Waals surface area (Å²) in [4.78, 5) is 16.6. The summed E-state index contributed by atoms with van der Waals surface area (Å²) in [5.74, 6) is -0.0958. The fraction of sp³-hybridized carbons (Fsp3) is 0. The van der Waals surface area contributed by atoms with Crippen LogP contribution < -0.4 is 11.2 Å². The first kappa shape index (κ1) is 14.5. The van der Waals surface area contributed by atoms with Gasteiger partial charge in [0.2, 0.25) is 4.77 Å². The SMILES string of the molecule is Nc1c2ccccc2nc(=S)n1NC(=O)c1ccccc1Cl. The van der Waals surface area contributed by atoms with E-state index in [1.165, 1.54) is 4.68 Å². The molecule has 3 rings (SSSR count). The number of halogens is 1. The van der Waals surface area contributed by atoms with Crippen molar-refractivity contribution in [1.29, 1.82) is 0 Å². The number of aromatic nitrogens is 2. The minimum atomic E-state index is -0.412. The molecule has 2 aromatic carbocycles.